The second kappa shape index (κ2) is 7.77. The first-order valence-electron chi connectivity index (χ1n) is 4.79. The molecule has 66 valence electrons. The Kier molecular flexibility index (Phi) is 7.54. The van der Waals surface area contributed by atoms with Crippen molar-refractivity contribution in [3.8, 4) is 0 Å². The first-order chi connectivity index (χ1) is 5.31. The highest BCUT2D eigenvalue weighted by molar-refractivity contribution is 5.56. The molecule has 0 saturated carbocycles. The predicted octanol–water partition coefficient (Wildman–Crippen LogP) is 3.29. The molecule has 0 bridgehead atoms. The number of nitrogens with zero attached hydrogens (tertiary/aromatic N) is 1. The monoisotopic (exact) mass is 155 g/mol. The van der Waals surface area contributed by atoms with Gasteiger partial charge >= 0.3 is 0 Å². The molecular formula is C10H21N. The van der Waals surface area contributed by atoms with Gasteiger partial charge in [0.2, 0.25) is 0 Å². The molecule has 0 aliphatic rings. The molecule has 0 aromatic carbocycles. The van der Waals surface area contributed by atoms with Gasteiger partial charge in [-0.25, -0.2) is 0 Å². The molecule has 0 rings (SSSR count). The molecular weight excluding hydrogens is 134 g/mol. The minimum absolute atomic E-state index is 0.771. The Morgan fingerprint density at radius 2 is 2.00 bits per heavy atom. The average Bonchev–Trinajstić information content (AvgIpc) is 1.99. The van der Waals surface area contributed by atoms with Crippen LogP contribution in [0.4, 0.5) is 0 Å². The molecule has 1 unspecified atom stereocenters. The second-order valence-corrected chi connectivity index (χ2v) is 3.23. The molecule has 0 aromatic rings. The summed E-state index contributed by atoms with van der Waals surface area (Å²) in [6, 6.07) is 0. The van der Waals surface area contributed by atoms with E-state index in [-0.39, 0.29) is 0 Å². The summed E-state index contributed by atoms with van der Waals surface area (Å²) in [5, 5.41) is 0. The lowest BCUT2D eigenvalue weighted by Gasteiger charge is -2.04. The third-order valence-corrected chi connectivity index (χ3v) is 1.75. The van der Waals surface area contributed by atoms with Crippen LogP contribution in [-0.4, -0.2) is 12.8 Å². The van der Waals surface area contributed by atoms with Crippen molar-refractivity contribution in [2.24, 2.45) is 10.9 Å². The smallest absolute Gasteiger partial charge is 0.0411 e. The van der Waals surface area contributed by atoms with Crippen LogP contribution in [0.3, 0.4) is 0 Å². The average molecular weight is 155 g/mol. The highest BCUT2D eigenvalue weighted by atomic mass is 14.7. The molecule has 0 aliphatic carbocycles. The molecule has 1 nitrogen and oxygen atoms in total. The Balaban J connectivity index is 3.21. The van der Waals surface area contributed by atoms with Gasteiger partial charge in [-0.2, -0.15) is 0 Å². The third kappa shape index (κ3) is 7.57. The topological polar surface area (TPSA) is 12.4 Å². The lowest BCUT2D eigenvalue weighted by atomic mass is 10.1. The molecule has 0 N–H and O–H groups in total. The molecule has 0 aromatic heterocycles. The maximum Gasteiger partial charge on any atom is 0.0411 e. The maximum atomic E-state index is 4.35. The number of aliphatic imine (C=N–C) groups is 1. The standard InChI is InChI=1S/C10H21N/c1-4-6-8-11-9-10(3)7-5-2/h8,10H,4-7,9H2,1-3H3/b11-8+. The molecule has 0 spiro atoms. The first-order valence-corrected chi connectivity index (χ1v) is 4.79. The van der Waals surface area contributed by atoms with E-state index in [0.717, 1.165) is 18.9 Å². The largest absolute Gasteiger partial charge is 0.297 e. The fourth-order valence-electron chi connectivity index (χ4n) is 1.06. The fraction of sp³-hybridized carbons (Fsp3) is 0.900. The van der Waals surface area contributed by atoms with Crippen LogP contribution >= 0.6 is 0 Å². The summed E-state index contributed by atoms with van der Waals surface area (Å²) in [6.45, 7) is 7.70. The van der Waals surface area contributed by atoms with E-state index < -0.39 is 0 Å². The summed E-state index contributed by atoms with van der Waals surface area (Å²) < 4.78 is 0. The van der Waals surface area contributed by atoms with Gasteiger partial charge in [0.1, 0.15) is 0 Å². The van der Waals surface area contributed by atoms with Gasteiger partial charge in [-0.1, -0.05) is 33.6 Å². The van der Waals surface area contributed by atoms with Crippen molar-refractivity contribution in [3.05, 3.63) is 0 Å². The number of unbranched alkanes of at least 4 members (excludes halogenated alkanes) is 1. The summed E-state index contributed by atoms with van der Waals surface area (Å²) in [5.74, 6) is 0.771. The normalized spacial score (nSPS) is 14.1. The molecule has 0 radical (unpaired) electrons. The van der Waals surface area contributed by atoms with Crippen molar-refractivity contribution in [3.63, 3.8) is 0 Å². The van der Waals surface area contributed by atoms with Crippen LogP contribution in [-0.2, 0) is 0 Å². The van der Waals surface area contributed by atoms with Gasteiger partial charge in [0, 0.05) is 6.54 Å². The van der Waals surface area contributed by atoms with E-state index in [1.54, 1.807) is 0 Å². The molecule has 11 heavy (non-hydrogen) atoms. The molecule has 1 heteroatoms. The summed E-state index contributed by atoms with van der Waals surface area (Å²) in [7, 11) is 0. The van der Waals surface area contributed by atoms with Gasteiger partial charge in [0.05, 0.1) is 0 Å². The Bertz CT molecular complexity index is 97.0. The number of hydrogen-bond donors (Lipinski definition) is 0. The summed E-state index contributed by atoms with van der Waals surface area (Å²) in [5.41, 5.74) is 0. The molecule has 0 aliphatic heterocycles. The third-order valence-electron chi connectivity index (χ3n) is 1.75. The zero-order chi connectivity index (χ0) is 8.53. The zero-order valence-corrected chi connectivity index (χ0v) is 8.14. The predicted molar refractivity (Wildman–Crippen MR) is 52.3 cm³/mol. The number of hydrogen-bond acceptors (Lipinski definition) is 1. The Hall–Kier alpha value is -0.330. The first kappa shape index (κ1) is 10.7. The zero-order valence-electron chi connectivity index (χ0n) is 8.14. The van der Waals surface area contributed by atoms with Gasteiger partial charge in [-0.15, -0.1) is 0 Å². The minimum Gasteiger partial charge on any atom is -0.297 e. The SMILES string of the molecule is CCC/C=N/CC(C)CCC. The van der Waals surface area contributed by atoms with E-state index >= 15 is 0 Å². The van der Waals surface area contributed by atoms with E-state index in [2.05, 4.69) is 32.0 Å². The lowest BCUT2D eigenvalue weighted by Crippen LogP contribution is -1.98. The van der Waals surface area contributed by atoms with E-state index in [1.807, 2.05) is 0 Å². The van der Waals surface area contributed by atoms with Crippen LogP contribution in [0.25, 0.3) is 0 Å². The van der Waals surface area contributed by atoms with Crippen LogP contribution in [0.2, 0.25) is 0 Å². The van der Waals surface area contributed by atoms with Gasteiger partial charge in [-0.3, -0.25) is 4.99 Å². The van der Waals surface area contributed by atoms with E-state index in [1.165, 1.54) is 19.3 Å². The lowest BCUT2D eigenvalue weighted by molar-refractivity contribution is 0.538. The molecule has 0 saturated heterocycles. The summed E-state index contributed by atoms with van der Waals surface area (Å²) in [6.07, 6.45) is 7.00. The maximum absolute atomic E-state index is 4.35. The van der Waals surface area contributed by atoms with Crippen molar-refractivity contribution in [2.45, 2.75) is 46.5 Å². The van der Waals surface area contributed by atoms with Crippen molar-refractivity contribution < 1.29 is 0 Å². The van der Waals surface area contributed by atoms with Crippen molar-refractivity contribution >= 4 is 6.21 Å². The van der Waals surface area contributed by atoms with Gasteiger partial charge in [-0.05, 0) is 25.0 Å². The molecule has 0 fully saturated rings. The van der Waals surface area contributed by atoms with Crippen LogP contribution in [0, 0.1) is 5.92 Å². The van der Waals surface area contributed by atoms with Crippen molar-refractivity contribution in [2.75, 3.05) is 6.54 Å². The Labute approximate surface area is 70.9 Å². The highest BCUT2D eigenvalue weighted by Crippen LogP contribution is 2.04. The minimum atomic E-state index is 0.771. The molecule has 1 atom stereocenters. The van der Waals surface area contributed by atoms with Crippen LogP contribution in [0.15, 0.2) is 4.99 Å². The van der Waals surface area contributed by atoms with E-state index in [0.29, 0.717) is 0 Å². The van der Waals surface area contributed by atoms with E-state index in [9.17, 15) is 0 Å². The van der Waals surface area contributed by atoms with Crippen LogP contribution < -0.4 is 0 Å². The molecule has 0 amide bonds. The van der Waals surface area contributed by atoms with Crippen LogP contribution in [0.5, 0.6) is 0 Å². The summed E-state index contributed by atoms with van der Waals surface area (Å²) in [4.78, 5) is 4.35. The number of rotatable bonds is 6. The van der Waals surface area contributed by atoms with Crippen molar-refractivity contribution in [1.29, 1.82) is 0 Å². The quantitative estimate of drug-likeness (QED) is 0.522. The van der Waals surface area contributed by atoms with Crippen molar-refractivity contribution in [1.82, 2.24) is 0 Å². The Morgan fingerprint density at radius 3 is 2.55 bits per heavy atom. The summed E-state index contributed by atoms with van der Waals surface area (Å²) >= 11 is 0. The Morgan fingerprint density at radius 1 is 1.27 bits per heavy atom. The second-order valence-electron chi connectivity index (χ2n) is 3.23. The van der Waals surface area contributed by atoms with Gasteiger partial charge in [0.25, 0.3) is 0 Å². The fourth-order valence-corrected chi connectivity index (χ4v) is 1.06. The van der Waals surface area contributed by atoms with Gasteiger partial charge in [0.15, 0.2) is 0 Å². The van der Waals surface area contributed by atoms with E-state index in [4.69, 9.17) is 0 Å². The van der Waals surface area contributed by atoms with Gasteiger partial charge < -0.3 is 0 Å². The molecule has 0 heterocycles. The van der Waals surface area contributed by atoms with Crippen LogP contribution in [0.1, 0.15) is 46.5 Å². The highest BCUT2D eigenvalue weighted by Gasteiger charge is 1.96.